The summed E-state index contributed by atoms with van der Waals surface area (Å²) in [6, 6.07) is 18.8. The minimum atomic E-state index is -0.107. The zero-order valence-corrected chi connectivity index (χ0v) is 12.2. The van der Waals surface area contributed by atoms with Crippen LogP contribution in [0.5, 0.6) is 5.75 Å². The zero-order chi connectivity index (χ0) is 14.7. The monoisotopic (exact) mass is 284 g/mol. The van der Waals surface area contributed by atoms with Crippen LogP contribution in [0.3, 0.4) is 0 Å². The van der Waals surface area contributed by atoms with Gasteiger partial charge in [-0.05, 0) is 36.7 Å². The number of pyridine rings is 1. The molecule has 0 fully saturated rings. The molecule has 0 N–H and O–H groups in total. The first kappa shape index (κ1) is 11.9. The summed E-state index contributed by atoms with van der Waals surface area (Å²) in [4.78, 5) is 6.88. The van der Waals surface area contributed by atoms with Crippen molar-refractivity contribution in [2.75, 3.05) is 4.81 Å². The van der Waals surface area contributed by atoms with Crippen LogP contribution in [0.2, 0.25) is 0 Å². The second-order valence-electron chi connectivity index (χ2n) is 5.77. The summed E-state index contributed by atoms with van der Waals surface area (Å²) in [6.45, 7) is 2.11. The van der Waals surface area contributed by atoms with Gasteiger partial charge >= 0.3 is 7.05 Å². The van der Waals surface area contributed by atoms with Gasteiger partial charge < -0.3 is 9.47 Å². The van der Waals surface area contributed by atoms with E-state index >= 15 is 0 Å². The quantitative estimate of drug-likeness (QED) is 0.592. The number of para-hydroxylation sites is 2. The minimum absolute atomic E-state index is 0.107. The van der Waals surface area contributed by atoms with Gasteiger partial charge in [-0.15, -0.1) is 0 Å². The van der Waals surface area contributed by atoms with E-state index in [-0.39, 0.29) is 7.05 Å². The number of hydrogen-bond donors (Lipinski definition) is 0. The van der Waals surface area contributed by atoms with E-state index < -0.39 is 0 Å². The summed E-state index contributed by atoms with van der Waals surface area (Å²) >= 11 is 0. The predicted octanol–water partition coefficient (Wildman–Crippen LogP) is 3.30. The predicted molar refractivity (Wildman–Crippen MR) is 89.0 cm³/mol. The fraction of sp³-hybridized carbons (Fsp3) is 0.0556. The standard InChI is InChI=1S/C18H13BN2O/c1-12-8-9-13-14(11-12)19-21(16-6-4-10-20-18(13)16)15-5-2-3-7-17(15)22-19/h2-11H,1H3. The van der Waals surface area contributed by atoms with Crippen LogP contribution in [0, 0.1) is 6.92 Å². The lowest BCUT2D eigenvalue weighted by Gasteiger charge is -2.30. The third-order valence-corrected chi connectivity index (χ3v) is 4.37. The van der Waals surface area contributed by atoms with Crippen LogP contribution >= 0.6 is 0 Å². The Morgan fingerprint density at radius 2 is 1.86 bits per heavy atom. The van der Waals surface area contributed by atoms with E-state index in [1.54, 1.807) is 0 Å². The molecule has 0 saturated heterocycles. The Morgan fingerprint density at radius 1 is 1.00 bits per heavy atom. The maximum absolute atomic E-state index is 6.25. The molecule has 3 aromatic rings. The Bertz CT molecular complexity index is 909. The minimum Gasteiger partial charge on any atom is -0.536 e. The topological polar surface area (TPSA) is 25.4 Å². The van der Waals surface area contributed by atoms with Crippen molar-refractivity contribution in [1.29, 1.82) is 0 Å². The van der Waals surface area contributed by atoms with Crippen LogP contribution < -0.4 is 14.9 Å². The highest BCUT2D eigenvalue weighted by Crippen LogP contribution is 2.45. The van der Waals surface area contributed by atoms with Crippen molar-refractivity contribution < 1.29 is 4.65 Å². The van der Waals surface area contributed by atoms with Crippen molar-refractivity contribution >= 4 is 23.9 Å². The van der Waals surface area contributed by atoms with Crippen molar-refractivity contribution in [2.45, 2.75) is 6.92 Å². The first-order valence-corrected chi connectivity index (χ1v) is 7.44. The number of benzene rings is 2. The summed E-state index contributed by atoms with van der Waals surface area (Å²) in [5.41, 5.74) is 6.81. The van der Waals surface area contributed by atoms with Gasteiger partial charge in [0.1, 0.15) is 5.75 Å². The van der Waals surface area contributed by atoms with Crippen molar-refractivity contribution in [2.24, 2.45) is 0 Å². The first-order valence-electron chi connectivity index (χ1n) is 7.44. The molecule has 0 atom stereocenters. The van der Waals surface area contributed by atoms with Crippen LogP contribution in [0.4, 0.5) is 11.4 Å². The fourth-order valence-corrected chi connectivity index (χ4v) is 3.41. The summed E-state index contributed by atoms with van der Waals surface area (Å²) in [7, 11) is -0.107. The number of hydrogen-bond acceptors (Lipinski definition) is 3. The molecule has 0 unspecified atom stereocenters. The molecule has 0 radical (unpaired) electrons. The fourth-order valence-electron chi connectivity index (χ4n) is 3.41. The zero-order valence-electron chi connectivity index (χ0n) is 12.2. The van der Waals surface area contributed by atoms with Gasteiger partial charge in [-0.25, -0.2) is 0 Å². The maximum atomic E-state index is 6.25. The van der Waals surface area contributed by atoms with Crippen LogP contribution in [0.15, 0.2) is 60.8 Å². The highest BCUT2D eigenvalue weighted by molar-refractivity contribution is 6.77. The SMILES string of the molecule is Cc1ccc2c(c1)B1Oc3ccccc3N1c1cccnc1-2. The highest BCUT2D eigenvalue weighted by Gasteiger charge is 2.45. The lowest BCUT2D eigenvalue weighted by Crippen LogP contribution is -2.50. The van der Waals surface area contributed by atoms with E-state index in [0.717, 1.165) is 28.4 Å². The lowest BCUT2D eigenvalue weighted by atomic mass is 9.65. The smallest absolute Gasteiger partial charge is 0.525 e. The van der Waals surface area contributed by atoms with Crippen molar-refractivity contribution in [3.05, 3.63) is 66.4 Å². The highest BCUT2D eigenvalue weighted by atomic mass is 16.5. The van der Waals surface area contributed by atoms with Crippen molar-refractivity contribution in [1.82, 2.24) is 4.98 Å². The maximum Gasteiger partial charge on any atom is 0.525 e. The Hall–Kier alpha value is -2.75. The molecular weight excluding hydrogens is 271 g/mol. The van der Waals surface area contributed by atoms with Crippen molar-refractivity contribution in [3.63, 3.8) is 0 Å². The lowest BCUT2D eigenvalue weighted by molar-refractivity contribution is 0.603. The molecule has 3 heterocycles. The molecule has 2 aromatic carbocycles. The number of rotatable bonds is 0. The van der Waals surface area contributed by atoms with E-state index in [1.807, 2.05) is 30.5 Å². The van der Waals surface area contributed by atoms with Gasteiger partial charge in [-0.1, -0.05) is 35.9 Å². The Morgan fingerprint density at radius 3 is 2.82 bits per heavy atom. The van der Waals surface area contributed by atoms with Gasteiger partial charge in [-0.2, -0.15) is 0 Å². The Kier molecular flexibility index (Phi) is 2.23. The van der Waals surface area contributed by atoms with Crippen LogP contribution in [0.1, 0.15) is 5.56 Å². The van der Waals surface area contributed by atoms with Crippen LogP contribution in [-0.4, -0.2) is 12.0 Å². The first-order chi connectivity index (χ1) is 10.8. The number of nitrogens with zero attached hydrogens (tertiary/aromatic N) is 2. The Balaban J connectivity index is 1.85. The molecule has 0 bridgehead atoms. The largest absolute Gasteiger partial charge is 0.536 e. The molecule has 104 valence electrons. The van der Waals surface area contributed by atoms with Crippen LogP contribution in [-0.2, 0) is 0 Å². The summed E-state index contributed by atoms with van der Waals surface area (Å²) in [6.07, 6.45) is 1.85. The average molecular weight is 284 g/mol. The average Bonchev–Trinajstić information content (AvgIpc) is 2.95. The van der Waals surface area contributed by atoms with Gasteiger partial charge in [0.2, 0.25) is 0 Å². The van der Waals surface area contributed by atoms with Crippen LogP contribution in [0.25, 0.3) is 11.3 Å². The van der Waals surface area contributed by atoms with E-state index in [0.29, 0.717) is 0 Å². The molecule has 0 aliphatic carbocycles. The summed E-state index contributed by atoms with van der Waals surface area (Å²) < 4.78 is 6.25. The summed E-state index contributed by atoms with van der Waals surface area (Å²) in [5.74, 6) is 0.927. The molecule has 0 saturated carbocycles. The molecule has 4 heteroatoms. The molecule has 5 rings (SSSR count). The number of anilines is 2. The van der Waals surface area contributed by atoms with Gasteiger partial charge in [-0.3, -0.25) is 4.98 Å². The van der Waals surface area contributed by atoms with Gasteiger partial charge in [0.25, 0.3) is 0 Å². The number of aryl methyl sites for hydroxylation is 1. The number of fused-ring (bicyclic) bond motifs is 8. The third-order valence-electron chi connectivity index (χ3n) is 4.37. The molecular formula is C18H13BN2O. The molecule has 0 spiro atoms. The van der Waals surface area contributed by atoms with Gasteiger partial charge in [0.05, 0.1) is 17.1 Å². The molecule has 2 aliphatic heterocycles. The van der Waals surface area contributed by atoms with Gasteiger partial charge in [0, 0.05) is 11.8 Å². The second kappa shape index (κ2) is 4.13. The normalized spacial score (nSPS) is 13.9. The molecule has 3 nitrogen and oxygen atoms in total. The molecule has 2 aliphatic rings. The van der Waals surface area contributed by atoms with E-state index in [4.69, 9.17) is 4.65 Å². The van der Waals surface area contributed by atoms with E-state index in [1.165, 1.54) is 11.0 Å². The molecule has 22 heavy (non-hydrogen) atoms. The van der Waals surface area contributed by atoms with Gasteiger partial charge in [0.15, 0.2) is 0 Å². The molecule has 0 amide bonds. The second-order valence-corrected chi connectivity index (χ2v) is 5.77. The number of aromatic nitrogens is 1. The molecule has 1 aromatic heterocycles. The summed E-state index contributed by atoms with van der Waals surface area (Å²) in [5, 5.41) is 0. The van der Waals surface area contributed by atoms with E-state index in [2.05, 4.69) is 47.1 Å². The van der Waals surface area contributed by atoms with E-state index in [9.17, 15) is 0 Å². The third kappa shape index (κ3) is 1.44. The van der Waals surface area contributed by atoms with Crippen molar-refractivity contribution in [3.8, 4) is 17.0 Å². The Labute approximate surface area is 129 Å².